The Kier molecular flexibility index (Phi) is 7.20. The third-order valence-electron chi connectivity index (χ3n) is 7.88. The van der Waals surface area contributed by atoms with E-state index in [1.54, 1.807) is 6.08 Å². The molecule has 2 heterocycles. The second-order valence-corrected chi connectivity index (χ2v) is 10.5. The maximum absolute atomic E-state index is 4.94. The molecule has 0 atom stereocenters. The first kappa shape index (κ1) is 26.9. The molecule has 204 valence electrons. The molecule has 4 nitrogen and oxygen atoms in total. The smallest absolute Gasteiger partial charge is 0.0859 e. The highest BCUT2D eigenvalue weighted by Gasteiger charge is 2.27. The van der Waals surface area contributed by atoms with Crippen molar-refractivity contribution in [2.75, 3.05) is 4.90 Å². The van der Waals surface area contributed by atoms with Crippen molar-refractivity contribution in [3.8, 4) is 11.1 Å². The second kappa shape index (κ2) is 11.3. The summed E-state index contributed by atoms with van der Waals surface area (Å²) in [5.41, 5.74) is 13.2. The van der Waals surface area contributed by atoms with Crippen molar-refractivity contribution in [1.82, 2.24) is 4.98 Å². The minimum Gasteiger partial charge on any atom is -0.335 e. The Morgan fingerprint density at radius 3 is 2.52 bits per heavy atom. The van der Waals surface area contributed by atoms with E-state index in [9.17, 15) is 0 Å². The number of aliphatic imine (C=N–C) groups is 2. The van der Waals surface area contributed by atoms with Gasteiger partial charge in [0.1, 0.15) is 0 Å². The molecule has 5 aromatic rings. The van der Waals surface area contributed by atoms with Gasteiger partial charge in [-0.05, 0) is 85.3 Å². The number of hydrogen-bond donors (Lipinski definition) is 0. The summed E-state index contributed by atoms with van der Waals surface area (Å²) in [7, 11) is 0. The molecule has 0 radical (unpaired) electrons. The number of fused-ring (bicyclic) bond motifs is 5. The van der Waals surface area contributed by atoms with E-state index in [-0.39, 0.29) is 0 Å². The van der Waals surface area contributed by atoms with Crippen LogP contribution in [0.15, 0.2) is 138 Å². The zero-order valence-corrected chi connectivity index (χ0v) is 24.0. The Hall–Kier alpha value is -5.35. The van der Waals surface area contributed by atoms with Crippen molar-refractivity contribution >= 4 is 46.5 Å². The van der Waals surface area contributed by atoms with Crippen molar-refractivity contribution in [2.45, 2.75) is 20.4 Å². The molecule has 0 aliphatic carbocycles. The molecule has 0 amide bonds. The highest BCUT2D eigenvalue weighted by atomic mass is 15.2. The fraction of sp³-hybridized carbons (Fsp3) is 0.0789. The predicted octanol–water partition coefficient (Wildman–Crippen LogP) is 9.79. The standard InChI is InChI=1S/C38H32N4/c1-6-34(41-27(4)26(3)22-29-13-8-7-12-25(29)2)30-18-20-36-32(23-30)31-19-17-28-14-11-21-40-38(28)33(31)24-42(36)37-16-10-9-15-35(37)39-5/h6-23H,1,4-5,24H2,2-3H3/b26-22+,41-34?. The van der Waals surface area contributed by atoms with Gasteiger partial charge in [-0.15, -0.1) is 0 Å². The Labute approximate surface area is 247 Å². The molecule has 0 bridgehead atoms. The van der Waals surface area contributed by atoms with E-state index >= 15 is 0 Å². The van der Waals surface area contributed by atoms with Gasteiger partial charge in [0.05, 0.1) is 34.8 Å². The normalized spacial score (nSPS) is 13.0. The average Bonchev–Trinajstić information content (AvgIpc) is 3.03. The first-order chi connectivity index (χ1) is 20.5. The monoisotopic (exact) mass is 544 g/mol. The Balaban J connectivity index is 1.48. The lowest BCUT2D eigenvalue weighted by Gasteiger charge is -2.34. The molecule has 4 aromatic carbocycles. The van der Waals surface area contributed by atoms with Crippen LogP contribution in [0.1, 0.15) is 29.2 Å². The van der Waals surface area contributed by atoms with Crippen LogP contribution in [0.25, 0.3) is 28.1 Å². The number of hydrogen-bond acceptors (Lipinski definition) is 4. The summed E-state index contributed by atoms with van der Waals surface area (Å²) in [6.07, 6.45) is 5.79. The summed E-state index contributed by atoms with van der Waals surface area (Å²) < 4.78 is 0. The van der Waals surface area contributed by atoms with Crippen LogP contribution in [-0.2, 0) is 6.54 Å². The first-order valence-corrected chi connectivity index (χ1v) is 14.0. The van der Waals surface area contributed by atoms with Gasteiger partial charge in [-0.2, -0.15) is 0 Å². The van der Waals surface area contributed by atoms with E-state index in [0.717, 1.165) is 61.5 Å². The van der Waals surface area contributed by atoms with Crippen LogP contribution >= 0.6 is 0 Å². The minimum atomic E-state index is 0.671. The van der Waals surface area contributed by atoms with E-state index in [4.69, 9.17) is 9.98 Å². The fourth-order valence-corrected chi connectivity index (χ4v) is 5.58. The number of rotatable bonds is 7. The highest BCUT2D eigenvalue weighted by Crippen LogP contribution is 2.47. The van der Waals surface area contributed by atoms with Gasteiger partial charge in [-0.3, -0.25) is 9.98 Å². The van der Waals surface area contributed by atoms with E-state index in [2.05, 4.69) is 97.4 Å². The largest absolute Gasteiger partial charge is 0.335 e. The molecule has 1 aliphatic rings. The maximum Gasteiger partial charge on any atom is 0.0859 e. The van der Waals surface area contributed by atoms with Crippen LogP contribution in [0, 0.1) is 6.92 Å². The molecule has 1 aromatic heterocycles. The quantitative estimate of drug-likeness (QED) is 0.151. The van der Waals surface area contributed by atoms with Crippen LogP contribution in [-0.4, -0.2) is 17.4 Å². The van der Waals surface area contributed by atoms with Gasteiger partial charge in [0.15, 0.2) is 0 Å². The van der Waals surface area contributed by atoms with Gasteiger partial charge in [-0.25, -0.2) is 4.99 Å². The number of aryl methyl sites for hydroxylation is 1. The third kappa shape index (κ3) is 4.88. The molecular weight excluding hydrogens is 512 g/mol. The third-order valence-corrected chi connectivity index (χ3v) is 7.88. The summed E-state index contributed by atoms with van der Waals surface area (Å²) in [5.74, 6) is 0. The molecule has 0 unspecified atom stereocenters. The van der Waals surface area contributed by atoms with Crippen molar-refractivity contribution < 1.29 is 0 Å². The molecule has 0 spiro atoms. The highest BCUT2D eigenvalue weighted by molar-refractivity contribution is 6.11. The lowest BCUT2D eigenvalue weighted by Crippen LogP contribution is -2.22. The molecule has 0 fully saturated rings. The first-order valence-electron chi connectivity index (χ1n) is 14.0. The summed E-state index contributed by atoms with van der Waals surface area (Å²) in [5, 5.41) is 1.12. The molecule has 0 N–H and O–H groups in total. The minimum absolute atomic E-state index is 0.671. The fourth-order valence-electron chi connectivity index (χ4n) is 5.58. The lowest BCUT2D eigenvalue weighted by atomic mass is 9.89. The summed E-state index contributed by atoms with van der Waals surface area (Å²) in [6, 6.07) is 31.3. The number of nitrogens with zero attached hydrogens (tertiary/aromatic N) is 4. The van der Waals surface area contributed by atoms with Crippen LogP contribution in [0.2, 0.25) is 0 Å². The van der Waals surface area contributed by atoms with E-state index in [0.29, 0.717) is 12.2 Å². The number of allylic oxidation sites excluding steroid dienone is 2. The molecule has 42 heavy (non-hydrogen) atoms. The maximum atomic E-state index is 4.94. The molecule has 0 saturated carbocycles. The number of pyridine rings is 1. The van der Waals surface area contributed by atoms with Gasteiger partial charge in [0.25, 0.3) is 0 Å². The van der Waals surface area contributed by atoms with E-state index < -0.39 is 0 Å². The van der Waals surface area contributed by atoms with Gasteiger partial charge in [0, 0.05) is 34.0 Å². The number of aromatic nitrogens is 1. The van der Waals surface area contributed by atoms with Crippen LogP contribution in [0.3, 0.4) is 0 Å². The molecule has 1 aliphatic heterocycles. The van der Waals surface area contributed by atoms with Gasteiger partial charge in [-0.1, -0.05) is 73.8 Å². The van der Waals surface area contributed by atoms with Crippen molar-refractivity contribution in [2.24, 2.45) is 9.98 Å². The van der Waals surface area contributed by atoms with Gasteiger partial charge in [0.2, 0.25) is 0 Å². The topological polar surface area (TPSA) is 40.9 Å². The Morgan fingerprint density at radius 1 is 0.905 bits per heavy atom. The van der Waals surface area contributed by atoms with Crippen LogP contribution in [0.4, 0.5) is 17.1 Å². The lowest BCUT2D eigenvalue weighted by molar-refractivity contribution is 0.966. The number of para-hydroxylation sites is 2. The number of anilines is 2. The van der Waals surface area contributed by atoms with Crippen molar-refractivity contribution in [1.29, 1.82) is 0 Å². The zero-order chi connectivity index (χ0) is 29.2. The van der Waals surface area contributed by atoms with E-state index in [1.165, 1.54) is 11.1 Å². The summed E-state index contributed by atoms with van der Waals surface area (Å²) >= 11 is 0. The molecule has 4 heteroatoms. The second-order valence-electron chi connectivity index (χ2n) is 10.5. The average molecular weight is 545 g/mol. The Bertz CT molecular complexity index is 1940. The SMILES string of the molecule is C=CC(=NC(=C)/C(C)=C/c1ccccc1C)c1ccc2c(c1)-c1ccc3cccnc3c1CN2c1ccccc1N=C. The van der Waals surface area contributed by atoms with Crippen LogP contribution < -0.4 is 4.90 Å². The molecular formula is C38H32N4. The summed E-state index contributed by atoms with van der Waals surface area (Å²) in [6.45, 7) is 17.0. The summed E-state index contributed by atoms with van der Waals surface area (Å²) in [4.78, 5) is 16.4. The zero-order valence-electron chi connectivity index (χ0n) is 24.0. The molecule has 0 saturated heterocycles. The van der Waals surface area contributed by atoms with Gasteiger partial charge >= 0.3 is 0 Å². The number of benzene rings is 4. The Morgan fingerprint density at radius 2 is 1.71 bits per heavy atom. The van der Waals surface area contributed by atoms with E-state index in [1.807, 2.05) is 49.5 Å². The van der Waals surface area contributed by atoms with Gasteiger partial charge < -0.3 is 4.90 Å². The van der Waals surface area contributed by atoms with Crippen LogP contribution in [0.5, 0.6) is 0 Å². The van der Waals surface area contributed by atoms with Crippen molar-refractivity contribution in [3.63, 3.8) is 0 Å². The van der Waals surface area contributed by atoms with Crippen molar-refractivity contribution in [3.05, 3.63) is 150 Å². The predicted molar refractivity (Wildman–Crippen MR) is 179 cm³/mol. The molecule has 6 rings (SSSR count).